The Morgan fingerprint density at radius 2 is 1.43 bits per heavy atom. The normalized spacial score (nSPS) is 11.0. The van der Waals surface area contributed by atoms with Gasteiger partial charge < -0.3 is 5.73 Å². The van der Waals surface area contributed by atoms with Gasteiger partial charge in [-0.2, -0.15) is 5.11 Å². The highest BCUT2D eigenvalue weighted by Gasteiger charge is 2.10. The summed E-state index contributed by atoms with van der Waals surface area (Å²) in [5.41, 5.74) is 12.9. The number of nitrogens with zero attached hydrogens (tertiary/aromatic N) is 2. The van der Waals surface area contributed by atoms with Crippen LogP contribution in [0.2, 0.25) is 0 Å². The molecular formula is C20H19N3. The van der Waals surface area contributed by atoms with Crippen molar-refractivity contribution in [3.8, 4) is 11.1 Å². The average Bonchev–Trinajstić information content (AvgIpc) is 2.58. The number of hydrogen-bond acceptors (Lipinski definition) is 3. The summed E-state index contributed by atoms with van der Waals surface area (Å²) < 4.78 is 0. The highest BCUT2D eigenvalue weighted by atomic mass is 15.1. The van der Waals surface area contributed by atoms with Crippen LogP contribution in [0.25, 0.3) is 11.1 Å². The molecule has 114 valence electrons. The summed E-state index contributed by atoms with van der Waals surface area (Å²) in [7, 11) is 0. The summed E-state index contributed by atoms with van der Waals surface area (Å²) >= 11 is 0. The number of nitrogen functional groups attached to an aromatic ring is 1. The average molecular weight is 301 g/mol. The van der Waals surface area contributed by atoms with Crippen LogP contribution in [0.4, 0.5) is 17.1 Å². The van der Waals surface area contributed by atoms with E-state index in [0.717, 1.165) is 28.2 Å². The molecule has 0 amide bonds. The molecule has 0 fully saturated rings. The third-order valence-corrected chi connectivity index (χ3v) is 3.94. The van der Waals surface area contributed by atoms with E-state index < -0.39 is 0 Å². The molecule has 3 rings (SSSR count). The van der Waals surface area contributed by atoms with Gasteiger partial charge in [0.05, 0.1) is 11.4 Å². The van der Waals surface area contributed by atoms with E-state index in [4.69, 9.17) is 5.73 Å². The SMILES string of the molecule is Cc1ccc(N=Nc2ccccc2)c(-c2ccc(N)cc2)c1C. The molecule has 0 unspecified atom stereocenters. The zero-order chi connectivity index (χ0) is 16.2. The van der Waals surface area contributed by atoms with Gasteiger partial charge in [0.25, 0.3) is 0 Å². The maximum Gasteiger partial charge on any atom is 0.0938 e. The van der Waals surface area contributed by atoms with Crippen molar-refractivity contribution in [1.82, 2.24) is 0 Å². The van der Waals surface area contributed by atoms with Gasteiger partial charge in [-0.1, -0.05) is 36.4 Å². The van der Waals surface area contributed by atoms with E-state index in [2.05, 4.69) is 30.1 Å². The Morgan fingerprint density at radius 3 is 2.13 bits per heavy atom. The van der Waals surface area contributed by atoms with Crippen LogP contribution in [0.1, 0.15) is 11.1 Å². The predicted molar refractivity (Wildman–Crippen MR) is 96.4 cm³/mol. The van der Waals surface area contributed by atoms with Gasteiger partial charge in [-0.15, -0.1) is 5.11 Å². The summed E-state index contributed by atoms with van der Waals surface area (Å²) in [6.07, 6.45) is 0. The van der Waals surface area contributed by atoms with E-state index in [1.165, 1.54) is 11.1 Å². The Balaban J connectivity index is 2.09. The molecule has 0 spiro atoms. The molecule has 0 aliphatic carbocycles. The Labute approximate surface area is 136 Å². The van der Waals surface area contributed by atoms with Crippen LogP contribution < -0.4 is 5.73 Å². The summed E-state index contributed by atoms with van der Waals surface area (Å²) in [6, 6.07) is 21.7. The van der Waals surface area contributed by atoms with E-state index in [1.807, 2.05) is 60.7 Å². The van der Waals surface area contributed by atoms with Gasteiger partial charge >= 0.3 is 0 Å². The summed E-state index contributed by atoms with van der Waals surface area (Å²) in [5.74, 6) is 0. The molecule has 3 aromatic rings. The molecule has 0 saturated carbocycles. The van der Waals surface area contributed by atoms with Crippen LogP contribution in [-0.2, 0) is 0 Å². The smallest absolute Gasteiger partial charge is 0.0938 e. The number of azo groups is 1. The molecule has 23 heavy (non-hydrogen) atoms. The third-order valence-electron chi connectivity index (χ3n) is 3.94. The minimum absolute atomic E-state index is 0.756. The predicted octanol–water partition coefficient (Wildman–Crippen LogP) is 5.97. The molecule has 0 saturated heterocycles. The third kappa shape index (κ3) is 3.29. The number of hydrogen-bond donors (Lipinski definition) is 1. The summed E-state index contributed by atoms with van der Waals surface area (Å²) in [4.78, 5) is 0. The Hall–Kier alpha value is -2.94. The van der Waals surface area contributed by atoms with Gasteiger partial charge in [0.15, 0.2) is 0 Å². The van der Waals surface area contributed by atoms with Gasteiger partial charge in [0.2, 0.25) is 0 Å². The van der Waals surface area contributed by atoms with Crippen LogP contribution in [0.3, 0.4) is 0 Å². The van der Waals surface area contributed by atoms with Gasteiger partial charge in [-0.05, 0) is 60.9 Å². The Kier molecular flexibility index (Phi) is 4.20. The van der Waals surface area contributed by atoms with Crippen molar-refractivity contribution >= 4 is 17.1 Å². The minimum Gasteiger partial charge on any atom is -0.399 e. The van der Waals surface area contributed by atoms with Crippen molar-refractivity contribution < 1.29 is 0 Å². The van der Waals surface area contributed by atoms with Crippen molar-refractivity contribution in [2.24, 2.45) is 10.2 Å². The molecule has 0 heterocycles. The van der Waals surface area contributed by atoms with E-state index >= 15 is 0 Å². The van der Waals surface area contributed by atoms with Crippen LogP contribution >= 0.6 is 0 Å². The standard InChI is InChI=1S/C20H19N3/c1-14-8-13-19(23-22-18-6-4-3-5-7-18)20(15(14)2)16-9-11-17(21)12-10-16/h3-13H,21H2,1-2H3. The molecule has 0 atom stereocenters. The number of rotatable bonds is 3. The highest BCUT2D eigenvalue weighted by Crippen LogP contribution is 2.36. The molecule has 0 aliphatic heterocycles. The van der Waals surface area contributed by atoms with Crippen molar-refractivity contribution in [3.63, 3.8) is 0 Å². The van der Waals surface area contributed by atoms with Gasteiger partial charge in [0.1, 0.15) is 0 Å². The first-order valence-electron chi connectivity index (χ1n) is 7.58. The fraction of sp³-hybridized carbons (Fsp3) is 0.100. The van der Waals surface area contributed by atoms with E-state index in [0.29, 0.717) is 0 Å². The van der Waals surface area contributed by atoms with Crippen LogP contribution in [0.5, 0.6) is 0 Å². The van der Waals surface area contributed by atoms with Crippen molar-refractivity contribution in [2.45, 2.75) is 13.8 Å². The molecule has 3 nitrogen and oxygen atoms in total. The molecule has 0 bridgehead atoms. The first-order valence-corrected chi connectivity index (χ1v) is 7.58. The highest BCUT2D eigenvalue weighted by molar-refractivity contribution is 5.80. The van der Waals surface area contributed by atoms with Crippen molar-refractivity contribution in [3.05, 3.63) is 77.9 Å². The van der Waals surface area contributed by atoms with E-state index in [-0.39, 0.29) is 0 Å². The number of benzene rings is 3. The van der Waals surface area contributed by atoms with Gasteiger partial charge in [0, 0.05) is 11.3 Å². The van der Waals surface area contributed by atoms with Crippen molar-refractivity contribution in [1.29, 1.82) is 0 Å². The fourth-order valence-electron chi connectivity index (χ4n) is 2.51. The monoisotopic (exact) mass is 301 g/mol. The van der Waals surface area contributed by atoms with Gasteiger partial charge in [-0.25, -0.2) is 0 Å². The van der Waals surface area contributed by atoms with E-state index in [1.54, 1.807) is 0 Å². The second kappa shape index (κ2) is 6.44. The Bertz CT molecular complexity index is 835. The molecule has 3 aromatic carbocycles. The maximum atomic E-state index is 5.80. The first-order chi connectivity index (χ1) is 11.1. The zero-order valence-corrected chi connectivity index (χ0v) is 13.3. The lowest BCUT2D eigenvalue weighted by molar-refractivity contribution is 1.21. The lowest BCUT2D eigenvalue weighted by Crippen LogP contribution is -1.89. The lowest BCUT2D eigenvalue weighted by Gasteiger charge is -2.12. The largest absolute Gasteiger partial charge is 0.399 e. The summed E-state index contributed by atoms with van der Waals surface area (Å²) in [6.45, 7) is 4.22. The number of nitrogens with two attached hydrogens (primary N) is 1. The summed E-state index contributed by atoms with van der Waals surface area (Å²) in [5, 5.41) is 8.82. The molecule has 0 radical (unpaired) electrons. The quantitative estimate of drug-likeness (QED) is 0.470. The van der Waals surface area contributed by atoms with Crippen LogP contribution in [0, 0.1) is 13.8 Å². The molecule has 0 aliphatic rings. The molecular weight excluding hydrogens is 282 g/mol. The second-order valence-corrected chi connectivity index (χ2v) is 5.56. The molecule has 2 N–H and O–H groups in total. The van der Waals surface area contributed by atoms with Crippen LogP contribution in [0.15, 0.2) is 77.0 Å². The van der Waals surface area contributed by atoms with Crippen molar-refractivity contribution in [2.75, 3.05) is 5.73 Å². The van der Waals surface area contributed by atoms with Crippen LogP contribution in [-0.4, -0.2) is 0 Å². The number of aryl methyl sites for hydroxylation is 1. The molecule has 3 heteroatoms. The Morgan fingerprint density at radius 1 is 0.739 bits per heavy atom. The zero-order valence-electron chi connectivity index (χ0n) is 13.3. The first kappa shape index (κ1) is 15.0. The van der Waals surface area contributed by atoms with Gasteiger partial charge in [-0.3, -0.25) is 0 Å². The fourth-order valence-corrected chi connectivity index (χ4v) is 2.51. The lowest BCUT2D eigenvalue weighted by atomic mass is 9.95. The number of anilines is 1. The maximum absolute atomic E-state index is 5.80. The molecule has 0 aromatic heterocycles. The topological polar surface area (TPSA) is 50.7 Å². The second-order valence-electron chi connectivity index (χ2n) is 5.56. The van der Waals surface area contributed by atoms with E-state index in [9.17, 15) is 0 Å². The minimum atomic E-state index is 0.756.